The average Bonchev–Trinajstić information content (AvgIpc) is 2.83. The number of nitrogens with zero attached hydrogens (tertiary/aromatic N) is 2. The van der Waals surface area contributed by atoms with Crippen molar-refractivity contribution in [3.63, 3.8) is 0 Å². The van der Waals surface area contributed by atoms with Crippen LogP contribution in [0.1, 0.15) is 13.8 Å². The van der Waals surface area contributed by atoms with Crippen LogP contribution in [0, 0.1) is 11.6 Å². The predicted octanol–water partition coefficient (Wildman–Crippen LogP) is 2.80. The van der Waals surface area contributed by atoms with Crippen molar-refractivity contribution in [2.75, 3.05) is 29.3 Å². The second-order valence-corrected chi connectivity index (χ2v) is 12.3. The van der Waals surface area contributed by atoms with Gasteiger partial charge < -0.3 is 9.84 Å². The molecule has 0 saturated heterocycles. The first-order valence-electron chi connectivity index (χ1n) is 10.9. The summed E-state index contributed by atoms with van der Waals surface area (Å²) in [5.74, 6) is -3.11. The minimum atomic E-state index is -5.04. The molecule has 0 radical (unpaired) electrons. The number of fused-ring (bicyclic) bond motifs is 1. The maximum Gasteiger partial charge on any atom is 0.412 e. The van der Waals surface area contributed by atoms with Crippen molar-refractivity contribution in [3.05, 3.63) is 48.0 Å². The Morgan fingerprint density at radius 2 is 1.74 bits per heavy atom. The van der Waals surface area contributed by atoms with Crippen molar-refractivity contribution in [3.8, 4) is 5.75 Å². The number of carboxylic acid groups (broad SMARTS) is 1. The Bertz CT molecular complexity index is 1480. The molecule has 2 aromatic carbocycles. The highest BCUT2D eigenvalue weighted by molar-refractivity contribution is 7.92. The van der Waals surface area contributed by atoms with Crippen LogP contribution in [0.4, 0.5) is 38.1 Å². The monoisotopic (exact) mass is 602 g/mol. The molecule has 0 aromatic heterocycles. The first kappa shape index (κ1) is 30.3. The highest BCUT2D eigenvalue weighted by Crippen LogP contribution is 2.43. The van der Waals surface area contributed by atoms with Gasteiger partial charge in [0.25, 0.3) is 20.2 Å². The molecule has 11 nitrogen and oxygen atoms in total. The third-order valence-corrected chi connectivity index (χ3v) is 8.69. The van der Waals surface area contributed by atoms with Crippen LogP contribution in [0.15, 0.2) is 41.3 Å². The Morgan fingerprint density at radius 1 is 1.10 bits per heavy atom. The maximum atomic E-state index is 13.9. The Morgan fingerprint density at radius 3 is 2.28 bits per heavy atom. The van der Waals surface area contributed by atoms with Gasteiger partial charge in [0.15, 0.2) is 11.6 Å². The number of amides is 1. The molecule has 39 heavy (non-hydrogen) atoms. The van der Waals surface area contributed by atoms with Crippen LogP contribution in [0.5, 0.6) is 5.75 Å². The van der Waals surface area contributed by atoms with Crippen molar-refractivity contribution < 1.29 is 53.4 Å². The zero-order chi connectivity index (χ0) is 29.6. The molecule has 1 heterocycles. The Hall–Kier alpha value is -3.22. The number of hydrogen-bond donors (Lipinski definition) is 3. The lowest BCUT2D eigenvalue weighted by atomic mass is 10.0. The Kier molecular flexibility index (Phi) is 8.08. The molecule has 1 atom stereocenters. The minimum Gasteiger partial charge on any atom is -0.485 e. The average molecular weight is 603 g/mol. The van der Waals surface area contributed by atoms with Gasteiger partial charge in [0.2, 0.25) is 0 Å². The fraction of sp³-hybridized carbons (Fsp3) is 0.381. The highest BCUT2D eigenvalue weighted by Gasteiger charge is 2.54. The molecule has 0 fully saturated rings. The zero-order valence-corrected chi connectivity index (χ0v) is 22.1. The van der Waals surface area contributed by atoms with E-state index in [4.69, 9.17) is 4.74 Å². The standard InChI is InChI=1S/C21H23F5N4O7S2/c1-20(2,21(24,25)26)30(19(31)32)12-4-7-18-17(8-12)29(11-13(37-18)10-28-39(35,36)27-3)38(33,34)14-5-6-15(22)16(23)9-14/h4-9,13,27-28H,10-11H2,1-3H3,(H,31,32). The lowest BCUT2D eigenvalue weighted by molar-refractivity contribution is -0.175. The normalized spacial score (nSPS) is 16.4. The SMILES string of the molecule is CNS(=O)(=O)NCC1CN(S(=O)(=O)c2ccc(F)c(F)c2)c2cc(N(C(=O)O)C(C)(C)C(F)(F)F)ccc2O1. The van der Waals surface area contributed by atoms with E-state index in [9.17, 15) is 48.7 Å². The molecule has 0 aliphatic carbocycles. The molecular weight excluding hydrogens is 579 g/mol. The summed E-state index contributed by atoms with van der Waals surface area (Å²) in [5, 5.41) is 9.62. The molecule has 2 aromatic rings. The van der Waals surface area contributed by atoms with Crippen molar-refractivity contribution in [1.82, 2.24) is 9.44 Å². The van der Waals surface area contributed by atoms with Crippen molar-refractivity contribution >= 4 is 37.7 Å². The molecule has 0 bridgehead atoms. The van der Waals surface area contributed by atoms with Crippen LogP contribution in [0.2, 0.25) is 0 Å². The number of benzene rings is 2. The van der Waals surface area contributed by atoms with Crippen LogP contribution in [-0.2, 0) is 20.2 Å². The number of nitrogens with one attached hydrogen (secondary N) is 2. The van der Waals surface area contributed by atoms with E-state index in [1.54, 1.807) is 0 Å². The van der Waals surface area contributed by atoms with Gasteiger partial charge in [0.05, 0.1) is 29.4 Å². The fourth-order valence-corrected chi connectivity index (χ4v) is 5.67. The van der Waals surface area contributed by atoms with Crippen LogP contribution >= 0.6 is 0 Å². The highest BCUT2D eigenvalue weighted by atomic mass is 32.2. The molecule has 1 aliphatic rings. The number of anilines is 2. The first-order valence-corrected chi connectivity index (χ1v) is 13.8. The van der Waals surface area contributed by atoms with E-state index in [0.29, 0.717) is 30.3 Å². The smallest absolute Gasteiger partial charge is 0.412 e. The summed E-state index contributed by atoms with van der Waals surface area (Å²) in [6.45, 7) is 0.101. The van der Waals surface area contributed by atoms with Crippen LogP contribution in [0.25, 0.3) is 0 Å². The van der Waals surface area contributed by atoms with Gasteiger partial charge in [-0.3, -0.25) is 9.21 Å². The van der Waals surface area contributed by atoms with E-state index in [0.717, 1.165) is 31.3 Å². The summed E-state index contributed by atoms with van der Waals surface area (Å²) >= 11 is 0. The third kappa shape index (κ3) is 6.02. The van der Waals surface area contributed by atoms with E-state index in [2.05, 4.69) is 4.72 Å². The summed E-state index contributed by atoms with van der Waals surface area (Å²) in [5.41, 5.74) is -3.96. The number of halogens is 5. The van der Waals surface area contributed by atoms with E-state index in [-0.39, 0.29) is 10.6 Å². The number of sulfonamides is 1. The van der Waals surface area contributed by atoms with E-state index in [1.807, 2.05) is 4.72 Å². The van der Waals surface area contributed by atoms with E-state index >= 15 is 0 Å². The molecule has 216 valence electrons. The van der Waals surface area contributed by atoms with Gasteiger partial charge >= 0.3 is 12.3 Å². The number of ether oxygens (including phenoxy) is 1. The molecule has 0 saturated carbocycles. The van der Waals surface area contributed by atoms with Crippen LogP contribution in [-0.4, -0.2) is 66.0 Å². The molecule has 1 amide bonds. The maximum absolute atomic E-state index is 13.9. The minimum absolute atomic E-state index is 0.0111. The molecule has 3 N–H and O–H groups in total. The van der Waals surface area contributed by atoms with Crippen molar-refractivity contribution in [2.45, 2.75) is 36.6 Å². The number of alkyl halides is 3. The predicted molar refractivity (Wildman–Crippen MR) is 128 cm³/mol. The van der Waals surface area contributed by atoms with Crippen molar-refractivity contribution in [2.24, 2.45) is 0 Å². The van der Waals surface area contributed by atoms with Gasteiger partial charge in [-0.15, -0.1) is 0 Å². The topological polar surface area (TPSA) is 145 Å². The van der Waals surface area contributed by atoms with E-state index < -0.39 is 85.1 Å². The van der Waals surface area contributed by atoms with Gasteiger partial charge in [0.1, 0.15) is 17.4 Å². The van der Waals surface area contributed by atoms with Gasteiger partial charge in [-0.2, -0.15) is 26.3 Å². The van der Waals surface area contributed by atoms with Gasteiger partial charge in [-0.05, 0) is 50.2 Å². The van der Waals surface area contributed by atoms with Crippen molar-refractivity contribution in [1.29, 1.82) is 0 Å². The molecule has 3 rings (SSSR count). The number of rotatable bonds is 8. The summed E-state index contributed by atoms with van der Waals surface area (Å²) in [7, 11) is -7.65. The Balaban J connectivity index is 2.17. The quantitative estimate of drug-likeness (QED) is 0.394. The summed E-state index contributed by atoms with van der Waals surface area (Å²) in [6.07, 6.45) is -8.23. The summed E-state index contributed by atoms with van der Waals surface area (Å²) in [6, 6.07) is 4.47. The number of carbonyl (C=O) groups is 1. The van der Waals surface area contributed by atoms with Gasteiger partial charge in [-0.1, -0.05) is 0 Å². The van der Waals surface area contributed by atoms with Gasteiger partial charge in [-0.25, -0.2) is 26.7 Å². The summed E-state index contributed by atoms with van der Waals surface area (Å²) < 4.78 is 129. The second-order valence-electron chi connectivity index (χ2n) is 8.73. The molecule has 1 unspecified atom stereocenters. The lowest BCUT2D eigenvalue weighted by Gasteiger charge is -2.39. The molecule has 0 spiro atoms. The molecular formula is C21H23F5N4O7S2. The Labute approximate surface area is 220 Å². The summed E-state index contributed by atoms with van der Waals surface area (Å²) in [4.78, 5) is 11.2. The fourth-order valence-electron chi connectivity index (χ4n) is 3.61. The third-order valence-electron chi connectivity index (χ3n) is 5.83. The largest absolute Gasteiger partial charge is 0.485 e. The van der Waals surface area contributed by atoms with Gasteiger partial charge in [0, 0.05) is 7.05 Å². The molecule has 18 heteroatoms. The zero-order valence-electron chi connectivity index (χ0n) is 20.5. The van der Waals surface area contributed by atoms with Crippen LogP contribution < -0.4 is 23.4 Å². The second kappa shape index (κ2) is 10.4. The van der Waals surface area contributed by atoms with Crippen LogP contribution in [0.3, 0.4) is 0 Å². The molecule has 1 aliphatic heterocycles. The van der Waals surface area contributed by atoms with E-state index in [1.165, 1.54) is 0 Å². The lowest BCUT2D eigenvalue weighted by Crippen LogP contribution is -2.57. The number of hydrogen-bond acceptors (Lipinski definition) is 6. The first-order chi connectivity index (χ1) is 17.8.